The zero-order chi connectivity index (χ0) is 18.1. The molecule has 2 aromatic heterocycles. The van der Waals surface area contributed by atoms with Crippen molar-refractivity contribution in [3.05, 3.63) is 58.3 Å². The van der Waals surface area contributed by atoms with Gasteiger partial charge in [0.05, 0.1) is 10.8 Å². The smallest absolute Gasteiger partial charge is 0.192 e. The molecule has 0 amide bonds. The first-order valence-electron chi connectivity index (χ1n) is 8.10. The summed E-state index contributed by atoms with van der Waals surface area (Å²) in [6.45, 7) is 0. The largest absolute Gasteiger partial charge is 0.299 e. The topological polar surface area (TPSA) is 60.7 Å². The van der Waals surface area contributed by atoms with Gasteiger partial charge in [-0.05, 0) is 43.2 Å². The number of carbonyl (C=O) groups excluding carboxylic acids is 1. The fourth-order valence-corrected chi connectivity index (χ4v) is 4.06. The van der Waals surface area contributed by atoms with Crippen molar-refractivity contribution >= 4 is 40.7 Å². The molecule has 26 heavy (non-hydrogen) atoms. The van der Waals surface area contributed by atoms with Gasteiger partial charge in [0.1, 0.15) is 0 Å². The van der Waals surface area contributed by atoms with E-state index in [2.05, 4.69) is 19.7 Å². The van der Waals surface area contributed by atoms with Gasteiger partial charge in [-0.2, -0.15) is 0 Å². The van der Waals surface area contributed by atoms with Crippen LogP contribution in [0.5, 0.6) is 0 Å². The average Bonchev–Trinajstić information content (AvgIpc) is 3.39. The van der Waals surface area contributed by atoms with Gasteiger partial charge < -0.3 is 0 Å². The van der Waals surface area contributed by atoms with Gasteiger partial charge in [-0.3, -0.25) is 14.3 Å². The van der Waals surface area contributed by atoms with Crippen molar-refractivity contribution in [2.24, 2.45) is 0 Å². The second-order valence-electron chi connectivity index (χ2n) is 5.99. The van der Waals surface area contributed by atoms with Gasteiger partial charge in [0.15, 0.2) is 16.8 Å². The maximum absolute atomic E-state index is 12.5. The standard InChI is InChI=1S/C18H14Cl2N4OS/c19-12-3-6-14(15(20)8-12)16(25)10-26-18-23-22-17(24(18)13-4-5-13)11-2-1-7-21-9-11/h1-3,6-9,13H,4-5,10H2. The number of hydrogen-bond donors (Lipinski definition) is 0. The lowest BCUT2D eigenvalue weighted by atomic mass is 10.1. The molecule has 0 bridgehead atoms. The number of pyridine rings is 1. The van der Waals surface area contributed by atoms with Crippen LogP contribution in [0, 0.1) is 0 Å². The summed E-state index contributed by atoms with van der Waals surface area (Å²) in [4.78, 5) is 16.7. The molecule has 4 rings (SSSR count). The van der Waals surface area contributed by atoms with E-state index in [9.17, 15) is 4.79 Å². The number of nitrogens with zero attached hydrogens (tertiary/aromatic N) is 4. The maximum Gasteiger partial charge on any atom is 0.192 e. The van der Waals surface area contributed by atoms with Crippen LogP contribution in [0.4, 0.5) is 0 Å². The minimum atomic E-state index is -0.0649. The van der Waals surface area contributed by atoms with E-state index in [0.717, 1.165) is 29.4 Å². The number of carbonyl (C=O) groups is 1. The number of benzene rings is 1. The highest BCUT2D eigenvalue weighted by Gasteiger charge is 2.30. The predicted octanol–water partition coefficient (Wildman–Crippen LogP) is 4.96. The van der Waals surface area contributed by atoms with E-state index in [1.54, 1.807) is 30.6 Å². The highest BCUT2D eigenvalue weighted by Crippen LogP contribution is 2.41. The van der Waals surface area contributed by atoms with Crippen LogP contribution in [0.3, 0.4) is 0 Å². The van der Waals surface area contributed by atoms with Crippen LogP contribution in [-0.2, 0) is 0 Å². The number of rotatable bonds is 6. The first-order valence-corrected chi connectivity index (χ1v) is 9.84. The predicted molar refractivity (Wildman–Crippen MR) is 103 cm³/mol. The number of Topliss-reactive ketones (excluding diaryl/α,β-unsaturated/α-hetero) is 1. The second kappa shape index (κ2) is 7.39. The van der Waals surface area contributed by atoms with Crippen LogP contribution < -0.4 is 0 Å². The van der Waals surface area contributed by atoms with Crippen molar-refractivity contribution in [1.29, 1.82) is 0 Å². The molecule has 3 aromatic rings. The molecule has 5 nitrogen and oxygen atoms in total. The zero-order valence-electron chi connectivity index (χ0n) is 13.6. The van der Waals surface area contributed by atoms with Crippen LogP contribution in [0.2, 0.25) is 10.0 Å². The Bertz CT molecular complexity index is 957. The van der Waals surface area contributed by atoms with Crippen LogP contribution in [0.25, 0.3) is 11.4 Å². The van der Waals surface area contributed by atoms with Crippen LogP contribution in [0.1, 0.15) is 29.2 Å². The van der Waals surface area contributed by atoms with E-state index in [4.69, 9.17) is 23.2 Å². The summed E-state index contributed by atoms with van der Waals surface area (Å²) >= 11 is 13.4. The third-order valence-corrected chi connectivity index (χ3v) is 5.55. The van der Waals surface area contributed by atoms with Crippen LogP contribution in [-0.4, -0.2) is 31.3 Å². The minimum absolute atomic E-state index is 0.0649. The Morgan fingerprint density at radius 3 is 2.77 bits per heavy atom. The van der Waals surface area contributed by atoms with Crippen molar-refractivity contribution in [2.45, 2.75) is 24.0 Å². The summed E-state index contributed by atoms with van der Waals surface area (Å²) in [5.74, 6) is 0.962. The molecule has 1 aromatic carbocycles. The quantitative estimate of drug-likeness (QED) is 0.429. The molecule has 1 fully saturated rings. The van der Waals surface area contributed by atoms with Gasteiger partial charge in [0.25, 0.3) is 0 Å². The van der Waals surface area contributed by atoms with Crippen LogP contribution >= 0.6 is 35.0 Å². The molecular formula is C18H14Cl2N4OS. The molecular weight excluding hydrogens is 391 g/mol. The fourth-order valence-electron chi connectivity index (χ4n) is 2.65. The zero-order valence-corrected chi connectivity index (χ0v) is 15.9. The van der Waals surface area contributed by atoms with Crippen molar-refractivity contribution in [3.8, 4) is 11.4 Å². The molecule has 0 unspecified atom stereocenters. The van der Waals surface area contributed by atoms with Crippen molar-refractivity contribution in [2.75, 3.05) is 5.75 Å². The van der Waals surface area contributed by atoms with Crippen LogP contribution in [0.15, 0.2) is 47.9 Å². The third-order valence-electron chi connectivity index (χ3n) is 4.06. The molecule has 0 atom stereocenters. The van der Waals surface area contributed by atoms with Crippen molar-refractivity contribution in [3.63, 3.8) is 0 Å². The minimum Gasteiger partial charge on any atom is -0.299 e. The second-order valence-corrected chi connectivity index (χ2v) is 7.77. The normalized spacial score (nSPS) is 13.8. The van der Waals surface area contributed by atoms with Gasteiger partial charge in [-0.1, -0.05) is 35.0 Å². The Labute approximate surface area is 164 Å². The molecule has 2 heterocycles. The van der Waals surface area contributed by atoms with Crippen molar-refractivity contribution < 1.29 is 4.79 Å². The lowest BCUT2D eigenvalue weighted by molar-refractivity contribution is 0.102. The van der Waals surface area contributed by atoms with Gasteiger partial charge >= 0.3 is 0 Å². The first kappa shape index (κ1) is 17.5. The molecule has 0 N–H and O–H groups in total. The molecule has 132 valence electrons. The van der Waals surface area contributed by atoms with Gasteiger partial charge in [0, 0.05) is 34.6 Å². The molecule has 0 aliphatic heterocycles. The number of ketones is 1. The van der Waals surface area contributed by atoms with E-state index >= 15 is 0 Å². The van der Waals surface area contributed by atoms with E-state index in [0.29, 0.717) is 21.7 Å². The highest BCUT2D eigenvalue weighted by atomic mass is 35.5. The molecule has 1 aliphatic carbocycles. The van der Waals surface area contributed by atoms with Crippen molar-refractivity contribution in [1.82, 2.24) is 19.7 Å². The fraction of sp³-hybridized carbons (Fsp3) is 0.222. The summed E-state index contributed by atoms with van der Waals surface area (Å²) in [6, 6.07) is 9.12. The number of hydrogen-bond acceptors (Lipinski definition) is 5. The summed E-state index contributed by atoms with van der Waals surface area (Å²) in [5.41, 5.74) is 1.39. The van der Waals surface area contributed by atoms with E-state index in [1.807, 2.05) is 12.1 Å². The number of aromatic nitrogens is 4. The Morgan fingerprint density at radius 1 is 1.23 bits per heavy atom. The van der Waals surface area contributed by atoms with Gasteiger partial charge in [0.2, 0.25) is 0 Å². The Hall–Kier alpha value is -1.89. The lowest BCUT2D eigenvalue weighted by Gasteiger charge is -2.08. The van der Waals surface area contributed by atoms with E-state index in [-0.39, 0.29) is 11.5 Å². The molecule has 0 spiro atoms. The average molecular weight is 405 g/mol. The molecule has 0 saturated heterocycles. The third kappa shape index (κ3) is 3.63. The number of thioether (sulfide) groups is 1. The Balaban J connectivity index is 1.55. The summed E-state index contributed by atoms with van der Waals surface area (Å²) in [7, 11) is 0. The Kier molecular flexibility index (Phi) is 4.98. The van der Waals surface area contributed by atoms with E-state index in [1.165, 1.54) is 11.8 Å². The Morgan fingerprint density at radius 2 is 2.08 bits per heavy atom. The van der Waals surface area contributed by atoms with Gasteiger partial charge in [-0.15, -0.1) is 10.2 Å². The summed E-state index contributed by atoms with van der Waals surface area (Å²) < 4.78 is 2.11. The summed E-state index contributed by atoms with van der Waals surface area (Å²) in [5, 5.41) is 10.2. The molecule has 0 radical (unpaired) electrons. The molecule has 1 saturated carbocycles. The summed E-state index contributed by atoms with van der Waals surface area (Å²) in [6.07, 6.45) is 5.69. The maximum atomic E-state index is 12.5. The SMILES string of the molecule is O=C(CSc1nnc(-c2cccnc2)n1C1CC1)c1ccc(Cl)cc1Cl. The highest BCUT2D eigenvalue weighted by molar-refractivity contribution is 7.99. The van der Waals surface area contributed by atoms with Gasteiger partial charge in [-0.25, -0.2) is 0 Å². The lowest BCUT2D eigenvalue weighted by Crippen LogP contribution is -2.06. The monoisotopic (exact) mass is 404 g/mol. The molecule has 8 heteroatoms. The number of halogens is 2. The first-order chi connectivity index (χ1) is 12.6. The van der Waals surface area contributed by atoms with E-state index < -0.39 is 0 Å². The molecule has 1 aliphatic rings.